The van der Waals surface area contributed by atoms with E-state index in [2.05, 4.69) is 29.6 Å². The molecule has 6 heteroatoms. The average Bonchev–Trinajstić information content (AvgIpc) is 3.30. The highest BCUT2D eigenvalue weighted by molar-refractivity contribution is 4.92. The zero-order valence-electron chi connectivity index (χ0n) is 14.7. The van der Waals surface area contributed by atoms with Crippen molar-refractivity contribution in [3.05, 3.63) is 54.5 Å². The number of imidazole rings is 1. The van der Waals surface area contributed by atoms with Crippen LogP contribution >= 0.6 is 0 Å². The lowest BCUT2D eigenvalue weighted by Crippen LogP contribution is -1.65. The molecule has 0 aromatic carbocycles. The Hall–Kier alpha value is -2.37. The number of nitrogens with one attached hydrogen (secondary N) is 2. The summed E-state index contributed by atoms with van der Waals surface area (Å²) in [5, 5.41) is 6.45. The van der Waals surface area contributed by atoms with Crippen LogP contribution in [0, 0.1) is 20.8 Å². The smallest absolute Gasteiger partial charge is 0.180 e. The number of hydrogen-bond acceptors (Lipinski definition) is 4. The fraction of sp³-hybridized carbons (Fsp3) is 0.438. The number of aromatic nitrogens is 5. The normalized spacial score (nSPS) is 7.77. The Morgan fingerprint density at radius 1 is 1.00 bits per heavy atom. The number of aryl methyl sites for hydroxylation is 3. The maximum absolute atomic E-state index is 4.60. The van der Waals surface area contributed by atoms with E-state index in [1.54, 1.807) is 25.0 Å². The molecule has 0 unspecified atom stereocenters. The first-order valence-corrected chi connectivity index (χ1v) is 7.44. The Bertz CT molecular complexity index is 410. The molecule has 124 valence electrons. The second-order valence-corrected chi connectivity index (χ2v) is 3.60. The summed E-state index contributed by atoms with van der Waals surface area (Å²) in [6.45, 7) is 13.8. The molecule has 0 saturated heterocycles. The molecular formula is C16H29N5O. The summed E-state index contributed by atoms with van der Waals surface area (Å²) in [5.41, 5.74) is 3.14. The monoisotopic (exact) mass is 307 g/mol. The molecule has 0 aliphatic carbocycles. The highest BCUT2D eigenvalue weighted by atomic mass is 16.3. The van der Waals surface area contributed by atoms with Gasteiger partial charge in [-0.05, 0) is 26.8 Å². The summed E-state index contributed by atoms with van der Waals surface area (Å²) in [4.78, 5) is 10.4. The lowest BCUT2D eigenvalue weighted by atomic mass is 10.5. The van der Waals surface area contributed by atoms with Crippen LogP contribution in [-0.2, 0) is 0 Å². The summed E-state index contributed by atoms with van der Waals surface area (Å²) < 4.78 is 4.60. The van der Waals surface area contributed by atoms with Crippen molar-refractivity contribution >= 4 is 0 Å². The van der Waals surface area contributed by atoms with Gasteiger partial charge in [0.1, 0.15) is 6.26 Å². The molecule has 3 rings (SSSR count). The molecule has 3 aromatic heterocycles. The van der Waals surface area contributed by atoms with E-state index in [0.29, 0.717) is 0 Å². The van der Waals surface area contributed by atoms with Gasteiger partial charge in [0.15, 0.2) is 6.39 Å². The van der Waals surface area contributed by atoms with Crippen LogP contribution in [0.5, 0.6) is 0 Å². The van der Waals surface area contributed by atoms with E-state index in [4.69, 9.17) is 0 Å². The van der Waals surface area contributed by atoms with E-state index in [-0.39, 0.29) is 0 Å². The third-order valence-corrected chi connectivity index (χ3v) is 1.83. The summed E-state index contributed by atoms with van der Waals surface area (Å²) in [5.74, 6) is 0. The Morgan fingerprint density at radius 3 is 1.82 bits per heavy atom. The van der Waals surface area contributed by atoms with Crippen molar-refractivity contribution in [3.8, 4) is 0 Å². The zero-order valence-corrected chi connectivity index (χ0v) is 14.7. The molecule has 0 amide bonds. The lowest BCUT2D eigenvalue weighted by Gasteiger charge is -1.68. The Morgan fingerprint density at radius 2 is 1.68 bits per heavy atom. The van der Waals surface area contributed by atoms with E-state index in [0.717, 1.165) is 17.1 Å². The summed E-state index contributed by atoms with van der Waals surface area (Å²) in [6, 6.07) is 1.92. The number of H-pyrrole nitrogens is 2. The maximum Gasteiger partial charge on any atom is 0.180 e. The third kappa shape index (κ3) is 14.0. The van der Waals surface area contributed by atoms with Crippen molar-refractivity contribution in [2.45, 2.75) is 48.5 Å². The Kier molecular flexibility index (Phi) is 16.6. The third-order valence-electron chi connectivity index (χ3n) is 1.83. The van der Waals surface area contributed by atoms with Crippen LogP contribution in [0.25, 0.3) is 0 Å². The molecular weight excluding hydrogens is 278 g/mol. The minimum Gasteiger partial charge on any atom is -0.452 e. The summed E-state index contributed by atoms with van der Waals surface area (Å²) in [7, 11) is 0. The predicted molar refractivity (Wildman–Crippen MR) is 90.6 cm³/mol. The van der Waals surface area contributed by atoms with Gasteiger partial charge in [-0.1, -0.05) is 27.7 Å². The van der Waals surface area contributed by atoms with Crippen molar-refractivity contribution in [2.75, 3.05) is 0 Å². The van der Waals surface area contributed by atoms with Gasteiger partial charge in [0.05, 0.1) is 12.0 Å². The summed E-state index contributed by atoms with van der Waals surface area (Å²) in [6.07, 6.45) is 8.18. The van der Waals surface area contributed by atoms with Gasteiger partial charge in [-0.15, -0.1) is 0 Å². The van der Waals surface area contributed by atoms with Gasteiger partial charge in [-0.2, -0.15) is 5.10 Å². The molecule has 22 heavy (non-hydrogen) atoms. The number of hydrogen-bond donors (Lipinski definition) is 2. The number of aromatic amines is 2. The molecule has 0 atom stereocenters. The van der Waals surface area contributed by atoms with Crippen LogP contribution in [0.4, 0.5) is 0 Å². The van der Waals surface area contributed by atoms with Crippen LogP contribution in [0.2, 0.25) is 0 Å². The second-order valence-electron chi connectivity index (χ2n) is 3.60. The molecule has 0 radical (unpaired) electrons. The van der Waals surface area contributed by atoms with Gasteiger partial charge in [0.25, 0.3) is 0 Å². The van der Waals surface area contributed by atoms with Crippen molar-refractivity contribution in [3.63, 3.8) is 0 Å². The van der Waals surface area contributed by atoms with Crippen molar-refractivity contribution in [1.82, 2.24) is 25.1 Å². The van der Waals surface area contributed by atoms with Gasteiger partial charge in [0, 0.05) is 23.8 Å². The molecule has 0 bridgehead atoms. The van der Waals surface area contributed by atoms with Gasteiger partial charge >= 0.3 is 0 Å². The van der Waals surface area contributed by atoms with Crippen LogP contribution in [0.15, 0.2) is 41.9 Å². The molecule has 0 aliphatic rings. The molecule has 2 N–H and O–H groups in total. The molecule has 0 spiro atoms. The van der Waals surface area contributed by atoms with Crippen LogP contribution < -0.4 is 0 Å². The fourth-order valence-electron chi connectivity index (χ4n) is 0.924. The first-order valence-electron chi connectivity index (χ1n) is 7.44. The Labute approximate surface area is 133 Å². The maximum atomic E-state index is 4.60. The largest absolute Gasteiger partial charge is 0.452 e. The van der Waals surface area contributed by atoms with Crippen molar-refractivity contribution < 1.29 is 4.42 Å². The van der Waals surface area contributed by atoms with Crippen LogP contribution in [0.1, 0.15) is 44.8 Å². The molecule has 6 nitrogen and oxygen atoms in total. The number of nitrogens with zero attached hydrogens (tertiary/aromatic N) is 3. The van der Waals surface area contributed by atoms with Gasteiger partial charge in [-0.3, -0.25) is 5.10 Å². The molecule has 0 fully saturated rings. The standard InChI is InChI=1S/2C4H6N2.C4H5NO.2C2H6/c1-4-2-5-3-6-4;1-4-2-3-5-6-4;1-4-2-6-3-5-4;2*1-2/h2*2-3H,1H3,(H,5,6);2-3H,1H3;2*1-2H3. The predicted octanol–water partition coefficient (Wildman–Crippen LogP) is 4.47. The van der Waals surface area contributed by atoms with E-state index in [1.165, 1.54) is 6.39 Å². The quantitative estimate of drug-likeness (QED) is 0.641. The molecule has 0 saturated carbocycles. The Balaban J connectivity index is 0. The van der Waals surface area contributed by atoms with Crippen molar-refractivity contribution in [2.24, 2.45) is 0 Å². The van der Waals surface area contributed by atoms with Gasteiger partial charge < -0.3 is 9.40 Å². The minimum atomic E-state index is 0.926. The first-order chi connectivity index (χ1) is 10.7. The van der Waals surface area contributed by atoms with Crippen LogP contribution in [-0.4, -0.2) is 25.1 Å². The van der Waals surface area contributed by atoms with Gasteiger partial charge in [0.2, 0.25) is 0 Å². The molecule has 3 heterocycles. The molecule has 3 aromatic rings. The number of oxazole rings is 1. The molecule has 0 aliphatic heterocycles. The lowest BCUT2D eigenvalue weighted by molar-refractivity contribution is 0.557. The van der Waals surface area contributed by atoms with Crippen molar-refractivity contribution in [1.29, 1.82) is 0 Å². The fourth-order valence-corrected chi connectivity index (χ4v) is 0.924. The summed E-state index contributed by atoms with van der Waals surface area (Å²) >= 11 is 0. The van der Waals surface area contributed by atoms with E-state index >= 15 is 0 Å². The van der Waals surface area contributed by atoms with E-state index in [9.17, 15) is 0 Å². The second kappa shape index (κ2) is 16.7. The highest BCUT2D eigenvalue weighted by Crippen LogP contribution is 1.86. The van der Waals surface area contributed by atoms with Crippen LogP contribution in [0.3, 0.4) is 0 Å². The van der Waals surface area contributed by atoms with Gasteiger partial charge in [-0.25, -0.2) is 9.97 Å². The highest BCUT2D eigenvalue weighted by Gasteiger charge is 1.77. The topological polar surface area (TPSA) is 83.4 Å². The van der Waals surface area contributed by atoms with E-state index in [1.807, 2.05) is 54.5 Å². The minimum absolute atomic E-state index is 0.926. The van der Waals surface area contributed by atoms with E-state index < -0.39 is 0 Å². The average molecular weight is 307 g/mol. The zero-order chi connectivity index (χ0) is 17.2. The number of rotatable bonds is 0. The first kappa shape index (κ1) is 21.9. The SMILES string of the molecule is CC.CC.Cc1ccn[nH]1.Cc1cnc[nH]1.Cc1cocn1.